The predicted molar refractivity (Wildman–Crippen MR) is 105 cm³/mol. The van der Waals surface area contributed by atoms with Crippen LogP contribution in [0, 0.1) is 26.6 Å². The van der Waals surface area contributed by atoms with Crippen LogP contribution in [0.5, 0.6) is 0 Å². The number of amides is 2. The monoisotopic (exact) mass is 371 g/mol. The van der Waals surface area contributed by atoms with Gasteiger partial charge < -0.3 is 10.6 Å². The number of benzene rings is 2. The number of nitrogens with zero attached hydrogens (tertiary/aromatic N) is 1. The van der Waals surface area contributed by atoms with Crippen molar-refractivity contribution in [1.82, 2.24) is 10.2 Å². The second-order valence-electron chi connectivity index (χ2n) is 6.90. The number of rotatable bonds is 7. The lowest BCUT2D eigenvalue weighted by molar-refractivity contribution is -0.124. The molecule has 2 amide bonds. The third-order valence-corrected chi connectivity index (χ3v) is 4.14. The first-order chi connectivity index (χ1) is 12.7. The quantitative estimate of drug-likeness (QED) is 0.787. The Balaban J connectivity index is 1.80. The predicted octanol–water partition coefficient (Wildman–Crippen LogP) is 2.94. The lowest BCUT2D eigenvalue weighted by Crippen LogP contribution is -2.39. The van der Waals surface area contributed by atoms with Gasteiger partial charge in [-0.2, -0.15) is 0 Å². The van der Waals surface area contributed by atoms with Gasteiger partial charge in [0.1, 0.15) is 5.82 Å². The molecular weight excluding hydrogens is 345 g/mol. The van der Waals surface area contributed by atoms with Crippen molar-refractivity contribution < 1.29 is 14.0 Å². The van der Waals surface area contributed by atoms with Gasteiger partial charge in [-0.1, -0.05) is 29.8 Å². The Labute approximate surface area is 159 Å². The molecule has 0 saturated heterocycles. The maximum Gasteiger partial charge on any atom is 0.243 e. The van der Waals surface area contributed by atoms with Crippen molar-refractivity contribution in [1.29, 1.82) is 0 Å². The summed E-state index contributed by atoms with van der Waals surface area (Å²) in [5.41, 5.74) is 4.68. The average molecular weight is 371 g/mol. The van der Waals surface area contributed by atoms with E-state index in [1.54, 1.807) is 24.1 Å². The highest BCUT2D eigenvalue weighted by atomic mass is 19.1. The smallest absolute Gasteiger partial charge is 0.243 e. The number of likely N-dealkylation sites (N-methyl/N-ethyl adjacent to an activating group) is 1. The SMILES string of the molecule is Cc1cc(C)c(NC(=O)CNC(=O)CN(C)Cc2cccc(F)c2)c(C)c1. The second kappa shape index (κ2) is 9.28. The fraction of sp³-hybridized carbons (Fsp3) is 0.333. The Morgan fingerprint density at radius 3 is 2.33 bits per heavy atom. The molecule has 0 atom stereocenters. The normalized spacial score (nSPS) is 10.7. The summed E-state index contributed by atoms with van der Waals surface area (Å²) in [4.78, 5) is 25.9. The molecule has 0 saturated carbocycles. The van der Waals surface area contributed by atoms with Crippen LogP contribution in [-0.4, -0.2) is 36.9 Å². The van der Waals surface area contributed by atoms with Gasteiger partial charge >= 0.3 is 0 Å². The highest BCUT2D eigenvalue weighted by molar-refractivity contribution is 5.96. The number of hydrogen-bond donors (Lipinski definition) is 2. The van der Waals surface area contributed by atoms with Gasteiger partial charge in [-0.05, 0) is 56.6 Å². The fourth-order valence-corrected chi connectivity index (χ4v) is 3.04. The van der Waals surface area contributed by atoms with Crippen molar-refractivity contribution in [3.63, 3.8) is 0 Å². The van der Waals surface area contributed by atoms with E-state index in [-0.39, 0.29) is 30.7 Å². The minimum absolute atomic E-state index is 0.0978. The minimum atomic E-state index is -0.302. The maximum atomic E-state index is 13.2. The highest BCUT2D eigenvalue weighted by Gasteiger charge is 2.11. The lowest BCUT2D eigenvalue weighted by Gasteiger charge is -2.17. The summed E-state index contributed by atoms with van der Waals surface area (Å²) in [7, 11) is 1.77. The molecule has 0 aliphatic heterocycles. The number of anilines is 1. The molecule has 2 N–H and O–H groups in total. The first kappa shape index (κ1) is 20.6. The molecular formula is C21H26FN3O2. The van der Waals surface area contributed by atoms with E-state index in [2.05, 4.69) is 10.6 Å². The molecule has 0 aromatic heterocycles. The summed E-state index contributed by atoms with van der Waals surface area (Å²) in [6.07, 6.45) is 0. The standard InChI is InChI=1S/C21H26FN3O2/c1-14-8-15(2)21(16(3)9-14)24-19(26)11-23-20(27)13-25(4)12-17-6-5-7-18(22)10-17/h5-10H,11-13H2,1-4H3,(H,23,27)(H,24,26). The third-order valence-electron chi connectivity index (χ3n) is 4.14. The first-order valence-electron chi connectivity index (χ1n) is 8.82. The summed E-state index contributed by atoms with van der Waals surface area (Å²) in [5.74, 6) is -0.837. The van der Waals surface area contributed by atoms with Crippen LogP contribution in [-0.2, 0) is 16.1 Å². The molecule has 5 nitrogen and oxygen atoms in total. The molecule has 0 unspecified atom stereocenters. The van der Waals surface area contributed by atoms with E-state index in [1.165, 1.54) is 12.1 Å². The van der Waals surface area contributed by atoms with Crippen molar-refractivity contribution >= 4 is 17.5 Å². The first-order valence-corrected chi connectivity index (χ1v) is 8.82. The summed E-state index contributed by atoms with van der Waals surface area (Å²) in [6.45, 7) is 6.35. The van der Waals surface area contributed by atoms with Crippen LogP contribution < -0.4 is 10.6 Å². The molecule has 0 heterocycles. The van der Waals surface area contributed by atoms with E-state index in [0.29, 0.717) is 6.54 Å². The molecule has 6 heteroatoms. The number of halogens is 1. The van der Waals surface area contributed by atoms with Gasteiger partial charge in [0.15, 0.2) is 0 Å². The molecule has 0 radical (unpaired) electrons. The van der Waals surface area contributed by atoms with Gasteiger partial charge in [-0.25, -0.2) is 4.39 Å². The van der Waals surface area contributed by atoms with E-state index in [0.717, 1.165) is 27.9 Å². The van der Waals surface area contributed by atoms with Gasteiger partial charge in [0.05, 0.1) is 13.1 Å². The van der Waals surface area contributed by atoms with Crippen molar-refractivity contribution in [3.05, 3.63) is 64.5 Å². The van der Waals surface area contributed by atoms with Crippen LogP contribution >= 0.6 is 0 Å². The zero-order valence-electron chi connectivity index (χ0n) is 16.2. The Morgan fingerprint density at radius 2 is 1.70 bits per heavy atom. The Hall–Kier alpha value is -2.73. The average Bonchev–Trinajstić information content (AvgIpc) is 2.56. The van der Waals surface area contributed by atoms with E-state index < -0.39 is 0 Å². The molecule has 0 aliphatic rings. The Morgan fingerprint density at radius 1 is 1.04 bits per heavy atom. The van der Waals surface area contributed by atoms with Crippen LogP contribution in [0.25, 0.3) is 0 Å². The third kappa shape index (κ3) is 6.49. The number of hydrogen-bond acceptors (Lipinski definition) is 3. The lowest BCUT2D eigenvalue weighted by atomic mass is 10.1. The van der Waals surface area contributed by atoms with Crippen molar-refractivity contribution in [3.8, 4) is 0 Å². The van der Waals surface area contributed by atoms with Gasteiger partial charge in [-0.15, -0.1) is 0 Å². The summed E-state index contributed by atoms with van der Waals surface area (Å²) < 4.78 is 13.2. The second-order valence-corrected chi connectivity index (χ2v) is 6.90. The van der Waals surface area contributed by atoms with E-state index >= 15 is 0 Å². The zero-order valence-corrected chi connectivity index (χ0v) is 16.2. The van der Waals surface area contributed by atoms with Gasteiger partial charge in [0.2, 0.25) is 11.8 Å². The zero-order chi connectivity index (χ0) is 20.0. The van der Waals surface area contributed by atoms with Crippen molar-refractivity contribution in [2.75, 3.05) is 25.5 Å². The number of carbonyl (C=O) groups excluding carboxylic acids is 2. The summed E-state index contributed by atoms with van der Waals surface area (Å²) in [6, 6.07) is 10.3. The summed E-state index contributed by atoms with van der Waals surface area (Å²) >= 11 is 0. The van der Waals surface area contributed by atoms with Crippen molar-refractivity contribution in [2.45, 2.75) is 27.3 Å². The van der Waals surface area contributed by atoms with E-state index in [1.807, 2.05) is 32.9 Å². The fourth-order valence-electron chi connectivity index (χ4n) is 3.04. The maximum absolute atomic E-state index is 13.2. The van der Waals surface area contributed by atoms with Gasteiger partial charge in [0, 0.05) is 12.2 Å². The van der Waals surface area contributed by atoms with Crippen LogP contribution in [0.1, 0.15) is 22.3 Å². The van der Waals surface area contributed by atoms with Gasteiger partial charge in [-0.3, -0.25) is 14.5 Å². The topological polar surface area (TPSA) is 61.4 Å². The van der Waals surface area contributed by atoms with Crippen LogP contribution in [0.3, 0.4) is 0 Å². The van der Waals surface area contributed by atoms with Gasteiger partial charge in [0.25, 0.3) is 0 Å². The molecule has 2 aromatic carbocycles. The van der Waals surface area contributed by atoms with Crippen LogP contribution in [0.2, 0.25) is 0 Å². The Bertz CT molecular complexity index is 813. The van der Waals surface area contributed by atoms with Crippen LogP contribution in [0.4, 0.5) is 10.1 Å². The van der Waals surface area contributed by atoms with Crippen molar-refractivity contribution in [2.24, 2.45) is 0 Å². The molecule has 0 fully saturated rings. The number of aryl methyl sites for hydroxylation is 3. The minimum Gasteiger partial charge on any atom is -0.346 e. The molecule has 2 rings (SSSR count). The van der Waals surface area contributed by atoms with E-state index in [4.69, 9.17) is 0 Å². The number of carbonyl (C=O) groups is 2. The molecule has 0 bridgehead atoms. The molecule has 27 heavy (non-hydrogen) atoms. The molecule has 2 aromatic rings. The molecule has 0 aliphatic carbocycles. The largest absolute Gasteiger partial charge is 0.346 e. The summed E-state index contributed by atoms with van der Waals surface area (Å²) in [5, 5.41) is 5.47. The van der Waals surface area contributed by atoms with Crippen LogP contribution in [0.15, 0.2) is 36.4 Å². The van der Waals surface area contributed by atoms with E-state index in [9.17, 15) is 14.0 Å². The highest BCUT2D eigenvalue weighted by Crippen LogP contribution is 2.21. The molecule has 0 spiro atoms. The molecule has 144 valence electrons. The number of nitrogens with one attached hydrogen (secondary N) is 2. The Kier molecular flexibility index (Phi) is 7.07.